The third-order valence-electron chi connectivity index (χ3n) is 4.88. The fourth-order valence-electron chi connectivity index (χ4n) is 3.44. The van der Waals surface area contributed by atoms with Gasteiger partial charge in [0, 0.05) is 50.2 Å². The first-order valence-corrected chi connectivity index (χ1v) is 10.3. The van der Waals surface area contributed by atoms with E-state index in [1.807, 2.05) is 62.0 Å². The van der Waals surface area contributed by atoms with Crippen molar-refractivity contribution in [2.45, 2.75) is 33.0 Å². The topological polar surface area (TPSA) is 54.7 Å². The second-order valence-electron chi connectivity index (χ2n) is 8.46. The Morgan fingerprint density at radius 1 is 1.14 bits per heavy atom. The smallest absolute Gasteiger partial charge is 0.234 e. The number of imidazole rings is 1. The highest BCUT2D eigenvalue weighted by atomic mass is 32.1. The number of rotatable bonds is 6. The van der Waals surface area contributed by atoms with Crippen LogP contribution in [0.15, 0.2) is 36.7 Å². The van der Waals surface area contributed by atoms with Gasteiger partial charge in [0.15, 0.2) is 4.77 Å². The molecule has 0 atom stereocenters. The molecule has 1 fully saturated rings. The largest absolute Gasteiger partial charge is 0.497 e. The Balaban J connectivity index is 1.55. The summed E-state index contributed by atoms with van der Waals surface area (Å²) >= 11 is 5.68. The van der Waals surface area contributed by atoms with Crippen LogP contribution in [-0.4, -0.2) is 70.2 Å². The normalized spacial score (nSPS) is 16.0. The molecule has 1 aliphatic heterocycles. The first-order chi connectivity index (χ1) is 13.7. The molecule has 29 heavy (non-hydrogen) atoms. The molecule has 0 unspecified atom stereocenters. The number of hydrogen-bond acceptors (Lipinski definition) is 5. The predicted octanol–water partition coefficient (Wildman–Crippen LogP) is 2.51. The molecule has 0 spiro atoms. The summed E-state index contributed by atoms with van der Waals surface area (Å²) in [6.07, 6.45) is 4.01. The van der Waals surface area contributed by atoms with E-state index in [-0.39, 0.29) is 11.4 Å². The Hall–Kier alpha value is -2.16. The molecular formula is C21H31N5O2S. The highest BCUT2D eigenvalue weighted by molar-refractivity contribution is 7.71. The third-order valence-corrected chi connectivity index (χ3v) is 5.31. The van der Waals surface area contributed by atoms with Crippen LogP contribution in [0.5, 0.6) is 5.75 Å². The zero-order valence-corrected chi connectivity index (χ0v) is 18.5. The summed E-state index contributed by atoms with van der Waals surface area (Å²) in [5.74, 6) is 0.896. The Bertz CT molecular complexity index is 891. The summed E-state index contributed by atoms with van der Waals surface area (Å²) < 4.78 is 10.1. The lowest BCUT2D eigenvalue weighted by atomic mass is 10.1. The minimum Gasteiger partial charge on any atom is -0.497 e. The van der Waals surface area contributed by atoms with Crippen LogP contribution in [0.4, 0.5) is 0 Å². The number of ether oxygens (including phenoxy) is 1. The second-order valence-corrected chi connectivity index (χ2v) is 8.82. The summed E-state index contributed by atoms with van der Waals surface area (Å²) in [5.41, 5.74) is 0.800. The number of benzene rings is 1. The average Bonchev–Trinajstić information content (AvgIpc) is 3.02. The van der Waals surface area contributed by atoms with Gasteiger partial charge in [-0.25, -0.2) is 0 Å². The van der Waals surface area contributed by atoms with Gasteiger partial charge in [-0.15, -0.1) is 0 Å². The maximum absolute atomic E-state index is 12.1. The number of carbonyl (C=O) groups is 1. The van der Waals surface area contributed by atoms with Gasteiger partial charge in [0.1, 0.15) is 5.75 Å². The minimum atomic E-state index is -0.189. The van der Waals surface area contributed by atoms with Gasteiger partial charge in [-0.05, 0) is 45.1 Å². The zero-order chi connectivity index (χ0) is 21.0. The fourth-order valence-corrected chi connectivity index (χ4v) is 3.73. The molecule has 0 saturated carbocycles. The van der Waals surface area contributed by atoms with Crippen molar-refractivity contribution < 1.29 is 9.53 Å². The molecule has 1 saturated heterocycles. The van der Waals surface area contributed by atoms with Crippen molar-refractivity contribution in [3.63, 3.8) is 0 Å². The minimum absolute atomic E-state index is 0.0866. The molecule has 158 valence electrons. The number of carbonyl (C=O) groups excluding carboxylic acids is 1. The van der Waals surface area contributed by atoms with Crippen molar-refractivity contribution in [1.82, 2.24) is 24.3 Å². The van der Waals surface area contributed by atoms with Crippen LogP contribution >= 0.6 is 12.2 Å². The van der Waals surface area contributed by atoms with Gasteiger partial charge in [-0.1, -0.05) is 6.07 Å². The highest BCUT2D eigenvalue weighted by Gasteiger charge is 2.21. The van der Waals surface area contributed by atoms with E-state index in [1.54, 1.807) is 7.11 Å². The number of amides is 1. The number of nitrogens with zero attached hydrogens (tertiary/aromatic N) is 4. The molecule has 0 bridgehead atoms. The van der Waals surface area contributed by atoms with E-state index in [2.05, 4.69) is 19.7 Å². The van der Waals surface area contributed by atoms with Crippen molar-refractivity contribution >= 4 is 18.1 Å². The molecule has 1 N–H and O–H groups in total. The van der Waals surface area contributed by atoms with E-state index in [4.69, 9.17) is 17.0 Å². The lowest BCUT2D eigenvalue weighted by molar-refractivity contribution is -0.124. The molecule has 7 nitrogen and oxygen atoms in total. The van der Waals surface area contributed by atoms with Crippen LogP contribution in [0, 0.1) is 4.77 Å². The van der Waals surface area contributed by atoms with Gasteiger partial charge in [-0.3, -0.25) is 19.2 Å². The molecule has 1 aromatic carbocycles. The Morgan fingerprint density at radius 3 is 2.48 bits per heavy atom. The monoisotopic (exact) mass is 417 g/mol. The van der Waals surface area contributed by atoms with Gasteiger partial charge in [0.2, 0.25) is 5.91 Å². The van der Waals surface area contributed by atoms with Crippen LogP contribution in [0.2, 0.25) is 0 Å². The summed E-state index contributed by atoms with van der Waals surface area (Å²) in [6, 6.07) is 7.87. The van der Waals surface area contributed by atoms with Crippen molar-refractivity contribution in [3.05, 3.63) is 41.4 Å². The van der Waals surface area contributed by atoms with Crippen molar-refractivity contribution in [3.8, 4) is 11.4 Å². The zero-order valence-electron chi connectivity index (χ0n) is 17.7. The molecule has 1 aromatic heterocycles. The number of hydrogen-bond donors (Lipinski definition) is 1. The molecule has 2 aromatic rings. The quantitative estimate of drug-likeness (QED) is 0.732. The van der Waals surface area contributed by atoms with E-state index >= 15 is 0 Å². The predicted molar refractivity (Wildman–Crippen MR) is 117 cm³/mol. The summed E-state index contributed by atoms with van der Waals surface area (Å²) in [6.45, 7) is 10.8. The first kappa shape index (κ1) is 21.5. The summed E-state index contributed by atoms with van der Waals surface area (Å²) in [5, 5.41) is 3.03. The van der Waals surface area contributed by atoms with Crippen LogP contribution < -0.4 is 10.1 Å². The maximum atomic E-state index is 12.1. The molecule has 1 aliphatic rings. The van der Waals surface area contributed by atoms with Crippen LogP contribution in [0.3, 0.4) is 0 Å². The molecule has 8 heteroatoms. The van der Waals surface area contributed by atoms with Crippen molar-refractivity contribution in [2.75, 3.05) is 39.8 Å². The molecular weight excluding hydrogens is 386 g/mol. The molecule has 3 rings (SSSR count). The van der Waals surface area contributed by atoms with E-state index in [0.717, 1.165) is 49.1 Å². The third kappa shape index (κ3) is 5.91. The standard InChI is InChI=1S/C21H31N5O2S/c1-21(2,3)22-19(27)15-23-8-10-24(11-9-23)16-25-12-13-26(20(25)29)17-6-5-7-18(14-17)28-4/h5-7,12-14H,8-11,15-16H2,1-4H3,(H,22,27). The van der Waals surface area contributed by atoms with E-state index < -0.39 is 0 Å². The Morgan fingerprint density at radius 2 is 1.83 bits per heavy atom. The summed E-state index contributed by atoms with van der Waals surface area (Å²) in [4.78, 5) is 16.7. The van der Waals surface area contributed by atoms with E-state index in [9.17, 15) is 4.79 Å². The van der Waals surface area contributed by atoms with Gasteiger partial charge in [0.25, 0.3) is 0 Å². The number of aromatic nitrogens is 2. The average molecular weight is 418 g/mol. The SMILES string of the molecule is COc1cccc(-n2ccn(CN3CCN(CC(=O)NC(C)(C)C)CC3)c2=S)c1. The molecule has 1 amide bonds. The van der Waals surface area contributed by atoms with Gasteiger partial charge in [0.05, 0.1) is 26.0 Å². The van der Waals surface area contributed by atoms with Crippen molar-refractivity contribution in [1.29, 1.82) is 0 Å². The molecule has 0 aliphatic carbocycles. The van der Waals surface area contributed by atoms with Crippen LogP contribution in [0.25, 0.3) is 5.69 Å². The first-order valence-electron chi connectivity index (χ1n) is 9.93. The summed E-state index contributed by atoms with van der Waals surface area (Å²) in [7, 11) is 1.66. The van der Waals surface area contributed by atoms with Crippen LogP contribution in [0.1, 0.15) is 20.8 Å². The number of nitrogens with one attached hydrogen (secondary N) is 1. The molecule has 2 heterocycles. The van der Waals surface area contributed by atoms with E-state index in [1.165, 1.54) is 0 Å². The second kappa shape index (κ2) is 9.11. The van der Waals surface area contributed by atoms with Gasteiger partial charge >= 0.3 is 0 Å². The highest BCUT2D eigenvalue weighted by Crippen LogP contribution is 2.17. The van der Waals surface area contributed by atoms with Crippen molar-refractivity contribution in [2.24, 2.45) is 0 Å². The van der Waals surface area contributed by atoms with E-state index in [0.29, 0.717) is 6.54 Å². The van der Waals surface area contributed by atoms with Gasteiger partial charge < -0.3 is 14.6 Å². The fraction of sp³-hybridized carbons (Fsp3) is 0.524. The number of piperazine rings is 1. The lowest BCUT2D eigenvalue weighted by Gasteiger charge is -2.34. The number of methoxy groups -OCH3 is 1. The van der Waals surface area contributed by atoms with Crippen LogP contribution in [-0.2, 0) is 11.5 Å². The lowest BCUT2D eigenvalue weighted by Crippen LogP contribution is -2.51. The maximum Gasteiger partial charge on any atom is 0.234 e. The van der Waals surface area contributed by atoms with Gasteiger partial charge in [-0.2, -0.15) is 0 Å². The Kier molecular flexibility index (Phi) is 6.77. The molecule has 0 radical (unpaired) electrons. The Labute approximate surface area is 177 Å².